The van der Waals surface area contributed by atoms with Gasteiger partial charge in [-0.15, -0.1) is 0 Å². The zero-order valence-corrected chi connectivity index (χ0v) is 17.7. The highest BCUT2D eigenvalue weighted by molar-refractivity contribution is 5.95. The van der Waals surface area contributed by atoms with Crippen molar-refractivity contribution in [3.05, 3.63) is 71.7 Å². The molecule has 7 heteroatoms. The number of carbonyl (C=O) groups excluding carboxylic acids is 1. The molecule has 1 aliphatic heterocycles. The SMILES string of the molecule is CCc1ccc(Nc2ccc3c(c2)OCC[C@H]3CNc2cnccc2C(=O)OC)nc1. The van der Waals surface area contributed by atoms with Gasteiger partial charge in [-0.25, -0.2) is 9.78 Å². The summed E-state index contributed by atoms with van der Waals surface area (Å²) in [4.78, 5) is 20.6. The van der Waals surface area contributed by atoms with Gasteiger partial charge in [0.1, 0.15) is 11.6 Å². The van der Waals surface area contributed by atoms with E-state index in [9.17, 15) is 4.79 Å². The summed E-state index contributed by atoms with van der Waals surface area (Å²) in [5, 5.41) is 6.70. The number of aryl methyl sites for hydroxylation is 1. The van der Waals surface area contributed by atoms with Crippen LogP contribution in [0.25, 0.3) is 0 Å². The predicted octanol–water partition coefficient (Wildman–Crippen LogP) is 4.55. The van der Waals surface area contributed by atoms with Crippen LogP contribution in [0, 0.1) is 0 Å². The van der Waals surface area contributed by atoms with Crippen LogP contribution in [-0.4, -0.2) is 36.2 Å². The Morgan fingerprint density at radius 1 is 1.23 bits per heavy atom. The molecule has 0 unspecified atom stereocenters. The first kappa shape index (κ1) is 20.7. The molecule has 0 bridgehead atoms. The van der Waals surface area contributed by atoms with Crippen LogP contribution in [0.15, 0.2) is 55.0 Å². The minimum absolute atomic E-state index is 0.255. The Morgan fingerprint density at radius 2 is 2.13 bits per heavy atom. The van der Waals surface area contributed by atoms with Crippen LogP contribution < -0.4 is 15.4 Å². The molecule has 4 rings (SSSR count). The molecule has 0 spiro atoms. The van der Waals surface area contributed by atoms with Gasteiger partial charge in [0.15, 0.2) is 0 Å². The van der Waals surface area contributed by atoms with Crippen LogP contribution in [-0.2, 0) is 11.2 Å². The van der Waals surface area contributed by atoms with Gasteiger partial charge in [-0.1, -0.05) is 19.1 Å². The van der Waals surface area contributed by atoms with E-state index in [1.807, 2.05) is 24.4 Å². The zero-order chi connectivity index (χ0) is 21.6. The van der Waals surface area contributed by atoms with E-state index in [2.05, 4.69) is 39.7 Å². The van der Waals surface area contributed by atoms with Crippen molar-refractivity contribution in [3.63, 3.8) is 0 Å². The molecule has 0 saturated heterocycles. The molecule has 3 aromatic rings. The van der Waals surface area contributed by atoms with Crippen molar-refractivity contribution in [1.29, 1.82) is 0 Å². The average Bonchev–Trinajstić information content (AvgIpc) is 2.82. The number of methoxy groups -OCH3 is 1. The standard InChI is InChI=1S/C24H26N4O3/c1-3-16-4-7-23(27-13-16)28-18-5-6-19-17(9-11-31-22(19)12-18)14-26-21-15-25-10-8-20(21)24(29)30-2/h4-8,10,12-13,15,17,26H,3,9,11,14H2,1-2H3,(H,27,28)/t17-/m0/s1. The highest BCUT2D eigenvalue weighted by atomic mass is 16.5. The van der Waals surface area contributed by atoms with E-state index >= 15 is 0 Å². The van der Waals surface area contributed by atoms with Gasteiger partial charge in [0, 0.05) is 36.6 Å². The fourth-order valence-electron chi connectivity index (χ4n) is 3.66. The first-order valence-corrected chi connectivity index (χ1v) is 10.4. The number of hydrogen-bond donors (Lipinski definition) is 2. The second-order valence-corrected chi connectivity index (χ2v) is 7.41. The smallest absolute Gasteiger partial charge is 0.340 e. The Labute approximate surface area is 181 Å². The van der Waals surface area contributed by atoms with Gasteiger partial charge in [0.25, 0.3) is 0 Å². The fourth-order valence-corrected chi connectivity index (χ4v) is 3.66. The molecule has 2 aromatic heterocycles. The van der Waals surface area contributed by atoms with Crippen LogP contribution in [0.2, 0.25) is 0 Å². The van der Waals surface area contributed by atoms with Crippen molar-refractivity contribution in [2.24, 2.45) is 0 Å². The Morgan fingerprint density at radius 3 is 2.90 bits per heavy atom. The summed E-state index contributed by atoms with van der Waals surface area (Å²) in [6.45, 7) is 3.42. The lowest BCUT2D eigenvalue weighted by atomic mass is 9.92. The van der Waals surface area contributed by atoms with Crippen molar-refractivity contribution >= 4 is 23.2 Å². The maximum Gasteiger partial charge on any atom is 0.340 e. The van der Waals surface area contributed by atoms with Gasteiger partial charge >= 0.3 is 5.97 Å². The first-order valence-electron chi connectivity index (χ1n) is 10.4. The Hall–Kier alpha value is -3.61. The van der Waals surface area contributed by atoms with Crippen LogP contribution in [0.4, 0.5) is 17.2 Å². The van der Waals surface area contributed by atoms with Crippen LogP contribution in [0.3, 0.4) is 0 Å². The molecule has 0 amide bonds. The number of carbonyl (C=O) groups is 1. The molecular formula is C24H26N4O3. The molecule has 0 radical (unpaired) electrons. The van der Waals surface area contributed by atoms with Gasteiger partial charge in [0.2, 0.25) is 0 Å². The van der Waals surface area contributed by atoms with Gasteiger partial charge in [0.05, 0.1) is 31.2 Å². The number of nitrogens with zero attached hydrogens (tertiary/aromatic N) is 2. The third-order valence-corrected chi connectivity index (χ3v) is 5.45. The summed E-state index contributed by atoms with van der Waals surface area (Å²) in [7, 11) is 1.38. The Bertz CT molecular complexity index is 1050. The van der Waals surface area contributed by atoms with Gasteiger partial charge < -0.3 is 20.1 Å². The lowest BCUT2D eigenvalue weighted by Crippen LogP contribution is -2.21. The second-order valence-electron chi connectivity index (χ2n) is 7.41. The number of benzene rings is 1. The third kappa shape index (κ3) is 4.77. The molecule has 1 aliphatic rings. The molecule has 0 saturated carbocycles. The molecule has 3 heterocycles. The summed E-state index contributed by atoms with van der Waals surface area (Å²) < 4.78 is 10.8. The van der Waals surface area contributed by atoms with Gasteiger partial charge in [-0.2, -0.15) is 0 Å². The van der Waals surface area contributed by atoms with Crippen molar-refractivity contribution in [2.45, 2.75) is 25.7 Å². The molecule has 1 aromatic carbocycles. The highest BCUT2D eigenvalue weighted by Crippen LogP contribution is 2.36. The summed E-state index contributed by atoms with van der Waals surface area (Å²) >= 11 is 0. The minimum atomic E-state index is -0.381. The molecule has 31 heavy (non-hydrogen) atoms. The van der Waals surface area contributed by atoms with Crippen LogP contribution in [0.1, 0.15) is 40.7 Å². The number of rotatable bonds is 7. The molecule has 2 N–H and O–H groups in total. The van der Waals surface area contributed by atoms with Crippen LogP contribution >= 0.6 is 0 Å². The maximum atomic E-state index is 12.0. The number of nitrogens with one attached hydrogen (secondary N) is 2. The fraction of sp³-hybridized carbons (Fsp3) is 0.292. The number of esters is 1. The molecule has 0 aliphatic carbocycles. The number of fused-ring (bicyclic) bond motifs is 1. The topological polar surface area (TPSA) is 85.4 Å². The van der Waals surface area contributed by atoms with Crippen molar-refractivity contribution < 1.29 is 14.3 Å². The molecular weight excluding hydrogens is 392 g/mol. The van der Waals surface area contributed by atoms with E-state index < -0.39 is 0 Å². The summed E-state index contributed by atoms with van der Waals surface area (Å²) in [6, 6.07) is 11.9. The van der Waals surface area contributed by atoms with E-state index in [4.69, 9.17) is 9.47 Å². The lowest BCUT2D eigenvalue weighted by Gasteiger charge is -2.27. The number of aromatic nitrogens is 2. The number of anilines is 3. The summed E-state index contributed by atoms with van der Waals surface area (Å²) in [5.41, 5.74) is 4.43. The lowest BCUT2D eigenvalue weighted by molar-refractivity contribution is 0.0601. The minimum Gasteiger partial charge on any atom is -0.493 e. The Balaban J connectivity index is 1.47. The van der Waals surface area contributed by atoms with E-state index in [0.717, 1.165) is 35.7 Å². The van der Waals surface area contributed by atoms with Crippen molar-refractivity contribution in [1.82, 2.24) is 9.97 Å². The van der Waals surface area contributed by atoms with Crippen molar-refractivity contribution in [2.75, 3.05) is 30.9 Å². The Kier molecular flexibility index (Phi) is 6.31. The maximum absolute atomic E-state index is 12.0. The second kappa shape index (κ2) is 9.47. The summed E-state index contributed by atoms with van der Waals surface area (Å²) in [6.07, 6.45) is 6.98. The predicted molar refractivity (Wildman–Crippen MR) is 120 cm³/mol. The molecule has 0 fully saturated rings. The molecule has 7 nitrogen and oxygen atoms in total. The van der Waals surface area contributed by atoms with Gasteiger partial charge in [-0.05, 0) is 42.2 Å². The van der Waals surface area contributed by atoms with E-state index in [1.165, 1.54) is 12.7 Å². The quantitative estimate of drug-likeness (QED) is 0.545. The van der Waals surface area contributed by atoms with Crippen LogP contribution in [0.5, 0.6) is 5.75 Å². The summed E-state index contributed by atoms with van der Waals surface area (Å²) in [5.74, 6) is 1.55. The van der Waals surface area contributed by atoms with E-state index in [0.29, 0.717) is 24.4 Å². The monoisotopic (exact) mass is 418 g/mol. The molecule has 160 valence electrons. The highest BCUT2D eigenvalue weighted by Gasteiger charge is 2.22. The number of hydrogen-bond acceptors (Lipinski definition) is 7. The number of pyridine rings is 2. The zero-order valence-electron chi connectivity index (χ0n) is 17.7. The third-order valence-electron chi connectivity index (χ3n) is 5.45. The average molecular weight is 418 g/mol. The van der Waals surface area contributed by atoms with Crippen molar-refractivity contribution in [3.8, 4) is 5.75 Å². The first-order chi connectivity index (χ1) is 15.2. The van der Waals surface area contributed by atoms with E-state index in [-0.39, 0.29) is 11.9 Å². The normalized spacial score (nSPS) is 14.8. The van der Waals surface area contributed by atoms with E-state index in [1.54, 1.807) is 18.5 Å². The number of ether oxygens (including phenoxy) is 2. The molecule has 1 atom stereocenters. The van der Waals surface area contributed by atoms with Gasteiger partial charge in [-0.3, -0.25) is 4.98 Å². The largest absolute Gasteiger partial charge is 0.493 e.